The van der Waals surface area contributed by atoms with Gasteiger partial charge in [-0.05, 0) is 19.3 Å². The second-order valence-corrected chi connectivity index (χ2v) is 7.10. The van der Waals surface area contributed by atoms with Crippen LogP contribution in [-0.4, -0.2) is 35.5 Å². The van der Waals surface area contributed by atoms with Gasteiger partial charge in [-0.3, -0.25) is 4.79 Å². The lowest BCUT2D eigenvalue weighted by Gasteiger charge is -2.23. The van der Waals surface area contributed by atoms with Gasteiger partial charge >= 0.3 is 0 Å². The van der Waals surface area contributed by atoms with E-state index in [0.717, 1.165) is 12.8 Å². The molecule has 1 aromatic rings. The van der Waals surface area contributed by atoms with E-state index < -0.39 is 9.84 Å². The number of nitrogens with one attached hydrogen (secondary N) is 1. The first-order valence-electron chi connectivity index (χ1n) is 6.54. The van der Waals surface area contributed by atoms with E-state index >= 15 is 0 Å². The van der Waals surface area contributed by atoms with Crippen molar-refractivity contribution in [2.45, 2.75) is 38.8 Å². The standard InChI is InChI=1S/C12H19N3O3S/c1-2-6-15-7-5-13-11(12(15)16)14-10-4-3-8-19(17,18)9-10/h5,7,10H,2-4,6,8-9H2,1H3,(H,13,14). The van der Waals surface area contributed by atoms with Gasteiger partial charge in [-0.1, -0.05) is 6.92 Å². The van der Waals surface area contributed by atoms with Crippen LogP contribution < -0.4 is 10.9 Å². The van der Waals surface area contributed by atoms with E-state index in [-0.39, 0.29) is 28.9 Å². The molecule has 2 rings (SSSR count). The summed E-state index contributed by atoms with van der Waals surface area (Å²) < 4.78 is 24.7. The molecule has 0 aromatic carbocycles. The normalized spacial score (nSPS) is 22.1. The molecule has 1 atom stereocenters. The van der Waals surface area contributed by atoms with Crippen molar-refractivity contribution >= 4 is 15.7 Å². The van der Waals surface area contributed by atoms with Gasteiger partial charge in [0.25, 0.3) is 5.56 Å². The molecule has 1 aliphatic rings. The van der Waals surface area contributed by atoms with E-state index in [4.69, 9.17) is 0 Å². The van der Waals surface area contributed by atoms with Gasteiger partial charge in [0.1, 0.15) is 0 Å². The maximum Gasteiger partial charge on any atom is 0.293 e. The Morgan fingerprint density at radius 2 is 2.32 bits per heavy atom. The molecule has 1 saturated heterocycles. The molecule has 0 radical (unpaired) electrons. The zero-order valence-electron chi connectivity index (χ0n) is 11.0. The van der Waals surface area contributed by atoms with E-state index in [0.29, 0.717) is 13.0 Å². The summed E-state index contributed by atoms with van der Waals surface area (Å²) >= 11 is 0. The molecular weight excluding hydrogens is 266 g/mol. The zero-order chi connectivity index (χ0) is 13.9. The molecular formula is C12H19N3O3S. The molecule has 1 aromatic heterocycles. The van der Waals surface area contributed by atoms with Crippen LogP contribution in [0.4, 0.5) is 5.82 Å². The van der Waals surface area contributed by atoms with Crippen molar-refractivity contribution in [2.75, 3.05) is 16.8 Å². The predicted molar refractivity (Wildman–Crippen MR) is 74.1 cm³/mol. The molecule has 1 aliphatic heterocycles. The number of hydrogen-bond donors (Lipinski definition) is 1. The number of sulfone groups is 1. The van der Waals surface area contributed by atoms with Crippen LogP contribution in [0, 0.1) is 0 Å². The second-order valence-electron chi connectivity index (χ2n) is 4.87. The van der Waals surface area contributed by atoms with Crippen LogP contribution in [0.3, 0.4) is 0 Å². The summed E-state index contributed by atoms with van der Waals surface area (Å²) in [4.78, 5) is 16.1. The lowest BCUT2D eigenvalue weighted by atomic mass is 10.2. The summed E-state index contributed by atoms with van der Waals surface area (Å²) in [5, 5.41) is 2.98. The smallest absolute Gasteiger partial charge is 0.293 e. The van der Waals surface area contributed by atoms with Crippen LogP contribution in [0.25, 0.3) is 0 Å². The Labute approximate surface area is 112 Å². The maximum atomic E-state index is 12.1. The Morgan fingerprint density at radius 3 is 3.00 bits per heavy atom. The minimum atomic E-state index is -2.98. The van der Waals surface area contributed by atoms with Crippen LogP contribution in [0.15, 0.2) is 17.2 Å². The fourth-order valence-corrected chi connectivity index (χ4v) is 3.93. The van der Waals surface area contributed by atoms with Gasteiger partial charge in [0.15, 0.2) is 15.7 Å². The van der Waals surface area contributed by atoms with E-state index in [9.17, 15) is 13.2 Å². The number of nitrogens with zero attached hydrogens (tertiary/aromatic N) is 2. The molecule has 6 nitrogen and oxygen atoms in total. The van der Waals surface area contributed by atoms with E-state index in [1.54, 1.807) is 17.0 Å². The summed E-state index contributed by atoms with van der Waals surface area (Å²) in [6.45, 7) is 2.63. The number of aromatic nitrogens is 2. The largest absolute Gasteiger partial charge is 0.362 e. The Balaban J connectivity index is 2.15. The van der Waals surface area contributed by atoms with Crippen molar-refractivity contribution in [2.24, 2.45) is 0 Å². The highest BCUT2D eigenvalue weighted by atomic mass is 32.2. The van der Waals surface area contributed by atoms with Crippen LogP contribution in [-0.2, 0) is 16.4 Å². The van der Waals surface area contributed by atoms with Crippen LogP contribution in [0.2, 0.25) is 0 Å². The third kappa shape index (κ3) is 3.56. The minimum absolute atomic E-state index is 0.0802. The van der Waals surface area contributed by atoms with Crippen LogP contribution >= 0.6 is 0 Å². The SMILES string of the molecule is CCCn1ccnc(NC2CCCS(=O)(=O)C2)c1=O. The Bertz CT molecular complexity index is 594. The molecule has 0 saturated carbocycles. The number of rotatable bonds is 4. The summed E-state index contributed by atoms with van der Waals surface area (Å²) in [7, 11) is -2.98. The molecule has 2 heterocycles. The first-order valence-corrected chi connectivity index (χ1v) is 8.36. The molecule has 0 bridgehead atoms. The van der Waals surface area contributed by atoms with E-state index in [2.05, 4.69) is 10.3 Å². The van der Waals surface area contributed by atoms with Crippen molar-refractivity contribution in [1.29, 1.82) is 0 Å². The van der Waals surface area contributed by atoms with Crippen molar-refractivity contribution in [3.63, 3.8) is 0 Å². The van der Waals surface area contributed by atoms with Gasteiger partial charge in [0.05, 0.1) is 11.5 Å². The number of anilines is 1. The molecule has 1 fully saturated rings. The molecule has 19 heavy (non-hydrogen) atoms. The fourth-order valence-electron chi connectivity index (χ4n) is 2.29. The zero-order valence-corrected chi connectivity index (χ0v) is 11.8. The monoisotopic (exact) mass is 285 g/mol. The third-order valence-electron chi connectivity index (χ3n) is 3.18. The topological polar surface area (TPSA) is 81.1 Å². The minimum Gasteiger partial charge on any atom is -0.362 e. The Hall–Kier alpha value is -1.37. The summed E-state index contributed by atoms with van der Waals surface area (Å²) in [5.74, 6) is 0.572. The molecule has 0 aliphatic carbocycles. The maximum absolute atomic E-state index is 12.1. The molecule has 1 unspecified atom stereocenters. The third-order valence-corrected chi connectivity index (χ3v) is 5.00. The molecule has 7 heteroatoms. The van der Waals surface area contributed by atoms with E-state index in [1.807, 2.05) is 6.92 Å². The summed E-state index contributed by atoms with van der Waals surface area (Å²) in [5.41, 5.74) is -0.188. The fraction of sp³-hybridized carbons (Fsp3) is 0.667. The van der Waals surface area contributed by atoms with Crippen molar-refractivity contribution in [1.82, 2.24) is 9.55 Å². The first-order chi connectivity index (χ1) is 9.02. The molecule has 106 valence electrons. The quantitative estimate of drug-likeness (QED) is 0.878. The van der Waals surface area contributed by atoms with Crippen molar-refractivity contribution in [3.8, 4) is 0 Å². The summed E-state index contributed by atoms with van der Waals surface area (Å²) in [6, 6.07) is -0.212. The van der Waals surface area contributed by atoms with Gasteiger partial charge in [0, 0.05) is 25.0 Å². The number of hydrogen-bond acceptors (Lipinski definition) is 5. The van der Waals surface area contributed by atoms with Crippen molar-refractivity contribution in [3.05, 3.63) is 22.7 Å². The highest BCUT2D eigenvalue weighted by Gasteiger charge is 2.25. The molecule has 0 spiro atoms. The highest BCUT2D eigenvalue weighted by Crippen LogP contribution is 2.14. The predicted octanol–water partition coefficient (Wildman–Crippen LogP) is 0.642. The molecule has 0 amide bonds. The van der Waals surface area contributed by atoms with Crippen LogP contribution in [0.1, 0.15) is 26.2 Å². The molecule has 1 N–H and O–H groups in total. The Kier molecular flexibility index (Phi) is 4.24. The van der Waals surface area contributed by atoms with E-state index in [1.165, 1.54) is 0 Å². The highest BCUT2D eigenvalue weighted by molar-refractivity contribution is 7.91. The van der Waals surface area contributed by atoms with Gasteiger partial charge in [-0.25, -0.2) is 13.4 Å². The number of aryl methyl sites for hydroxylation is 1. The van der Waals surface area contributed by atoms with Gasteiger partial charge in [0.2, 0.25) is 0 Å². The first kappa shape index (κ1) is 14.0. The van der Waals surface area contributed by atoms with Crippen molar-refractivity contribution < 1.29 is 8.42 Å². The average Bonchev–Trinajstić information content (AvgIpc) is 2.33. The van der Waals surface area contributed by atoms with Gasteiger partial charge in [-0.15, -0.1) is 0 Å². The van der Waals surface area contributed by atoms with Gasteiger partial charge in [-0.2, -0.15) is 0 Å². The summed E-state index contributed by atoms with van der Waals surface area (Å²) in [6.07, 6.45) is 5.46. The second kappa shape index (κ2) is 5.73. The Morgan fingerprint density at radius 1 is 1.53 bits per heavy atom. The van der Waals surface area contributed by atoms with Crippen LogP contribution in [0.5, 0.6) is 0 Å². The van der Waals surface area contributed by atoms with Gasteiger partial charge < -0.3 is 9.88 Å². The average molecular weight is 285 g/mol. The lowest BCUT2D eigenvalue weighted by molar-refractivity contribution is 0.560. The lowest BCUT2D eigenvalue weighted by Crippen LogP contribution is -2.37.